The van der Waals surface area contributed by atoms with Crippen molar-refractivity contribution in [2.45, 2.75) is 26.2 Å². The van der Waals surface area contributed by atoms with Gasteiger partial charge in [0, 0.05) is 43.4 Å². The van der Waals surface area contributed by atoms with Crippen LogP contribution in [0.3, 0.4) is 0 Å². The van der Waals surface area contributed by atoms with Crippen molar-refractivity contribution in [3.05, 3.63) is 29.3 Å². The number of rotatable bonds is 5. The number of piperazine rings is 1. The van der Waals surface area contributed by atoms with Gasteiger partial charge in [-0.15, -0.1) is 0 Å². The molecule has 2 aliphatic rings. The van der Waals surface area contributed by atoms with Gasteiger partial charge in [-0.2, -0.15) is 0 Å². The van der Waals surface area contributed by atoms with Gasteiger partial charge < -0.3 is 20.4 Å². The molecule has 0 unspecified atom stereocenters. The zero-order valence-corrected chi connectivity index (χ0v) is 16.7. The van der Waals surface area contributed by atoms with E-state index in [1.807, 2.05) is 12.1 Å². The van der Waals surface area contributed by atoms with Crippen molar-refractivity contribution in [3.8, 4) is 0 Å². The van der Waals surface area contributed by atoms with E-state index in [2.05, 4.69) is 33.8 Å². The van der Waals surface area contributed by atoms with Crippen LogP contribution in [0.2, 0.25) is 5.02 Å². The largest absolute Gasteiger partial charge is 0.370 e. The van der Waals surface area contributed by atoms with Crippen molar-refractivity contribution in [3.63, 3.8) is 0 Å². The molecule has 2 N–H and O–H groups in total. The highest BCUT2D eigenvalue weighted by Gasteiger charge is 2.21. The van der Waals surface area contributed by atoms with Crippen molar-refractivity contribution in [1.82, 2.24) is 9.80 Å². The number of anilines is 1. The van der Waals surface area contributed by atoms with Crippen LogP contribution in [0.1, 0.15) is 26.2 Å². The van der Waals surface area contributed by atoms with E-state index in [1.54, 1.807) is 0 Å². The molecule has 1 aromatic carbocycles. The van der Waals surface area contributed by atoms with Gasteiger partial charge in [0.1, 0.15) is 0 Å². The predicted molar refractivity (Wildman–Crippen MR) is 111 cm³/mol. The first-order valence-electron chi connectivity index (χ1n) is 9.93. The Kier molecular flexibility index (Phi) is 7.03. The van der Waals surface area contributed by atoms with Crippen molar-refractivity contribution in [1.29, 1.82) is 0 Å². The van der Waals surface area contributed by atoms with Gasteiger partial charge in [0.15, 0.2) is 5.96 Å². The molecule has 3 rings (SSSR count). The summed E-state index contributed by atoms with van der Waals surface area (Å²) in [5.74, 6) is 1.41. The van der Waals surface area contributed by atoms with Gasteiger partial charge in [-0.05, 0) is 69.1 Å². The molecule has 2 heterocycles. The van der Waals surface area contributed by atoms with Crippen molar-refractivity contribution in [2.24, 2.45) is 16.6 Å². The second kappa shape index (κ2) is 9.47. The van der Waals surface area contributed by atoms with E-state index in [1.165, 1.54) is 44.6 Å². The third-order valence-corrected chi connectivity index (χ3v) is 5.81. The highest BCUT2D eigenvalue weighted by Crippen LogP contribution is 2.20. The molecule has 26 heavy (non-hydrogen) atoms. The Labute approximate surface area is 162 Å². The summed E-state index contributed by atoms with van der Waals surface area (Å²) < 4.78 is 0. The van der Waals surface area contributed by atoms with Gasteiger partial charge >= 0.3 is 0 Å². The van der Waals surface area contributed by atoms with Gasteiger partial charge in [-0.1, -0.05) is 18.5 Å². The lowest BCUT2D eigenvalue weighted by molar-refractivity contribution is 0.188. The molecular weight excluding hydrogens is 346 g/mol. The fourth-order valence-corrected chi connectivity index (χ4v) is 4.00. The SMILES string of the molecule is CCCN1CCC(CN=C(N)N2CCN(c3ccc(Cl)cc3)CC2)CC1. The van der Waals surface area contributed by atoms with Crippen molar-refractivity contribution in [2.75, 3.05) is 57.3 Å². The summed E-state index contributed by atoms with van der Waals surface area (Å²) in [6.45, 7) is 10.6. The minimum absolute atomic E-state index is 0.692. The third-order valence-electron chi connectivity index (χ3n) is 5.55. The van der Waals surface area contributed by atoms with E-state index < -0.39 is 0 Å². The van der Waals surface area contributed by atoms with Crippen LogP contribution in [0, 0.1) is 5.92 Å². The molecule has 5 nitrogen and oxygen atoms in total. The number of nitrogens with two attached hydrogens (primary N) is 1. The van der Waals surface area contributed by atoms with E-state index >= 15 is 0 Å². The molecule has 0 bridgehead atoms. The number of piperidine rings is 1. The molecular formula is C20H32ClN5. The Morgan fingerprint density at radius 3 is 2.35 bits per heavy atom. The van der Waals surface area contributed by atoms with Crippen LogP contribution in [0.5, 0.6) is 0 Å². The Bertz CT molecular complexity index is 572. The lowest BCUT2D eigenvalue weighted by Crippen LogP contribution is -2.51. The van der Waals surface area contributed by atoms with E-state index in [9.17, 15) is 0 Å². The second-order valence-corrected chi connectivity index (χ2v) is 7.87. The number of nitrogens with zero attached hydrogens (tertiary/aromatic N) is 4. The molecule has 6 heteroatoms. The maximum absolute atomic E-state index is 6.27. The second-order valence-electron chi connectivity index (χ2n) is 7.43. The van der Waals surface area contributed by atoms with Crippen LogP contribution in [0.15, 0.2) is 29.3 Å². The summed E-state index contributed by atoms with van der Waals surface area (Å²) >= 11 is 5.98. The van der Waals surface area contributed by atoms with E-state index in [4.69, 9.17) is 22.3 Å². The first-order chi connectivity index (χ1) is 12.7. The van der Waals surface area contributed by atoms with Crippen LogP contribution >= 0.6 is 11.6 Å². The van der Waals surface area contributed by atoms with Gasteiger partial charge in [-0.25, -0.2) is 0 Å². The zero-order valence-electron chi connectivity index (χ0n) is 15.9. The Morgan fingerprint density at radius 1 is 1.08 bits per heavy atom. The number of hydrogen-bond acceptors (Lipinski definition) is 3. The average molecular weight is 378 g/mol. The van der Waals surface area contributed by atoms with Crippen molar-refractivity contribution < 1.29 is 0 Å². The summed E-state index contributed by atoms with van der Waals surface area (Å²) in [7, 11) is 0. The first kappa shape index (κ1) is 19.3. The smallest absolute Gasteiger partial charge is 0.191 e. The van der Waals surface area contributed by atoms with Gasteiger partial charge in [-0.3, -0.25) is 4.99 Å². The van der Waals surface area contributed by atoms with E-state index in [0.717, 1.165) is 43.7 Å². The number of likely N-dealkylation sites (tertiary alicyclic amines) is 1. The molecule has 2 aliphatic heterocycles. The molecule has 0 atom stereocenters. The Hall–Kier alpha value is -1.46. The average Bonchev–Trinajstić information content (AvgIpc) is 2.68. The summed E-state index contributed by atoms with van der Waals surface area (Å²) in [6.07, 6.45) is 3.75. The molecule has 2 saturated heterocycles. The lowest BCUT2D eigenvalue weighted by Gasteiger charge is -2.37. The maximum atomic E-state index is 6.27. The number of halogens is 1. The molecule has 1 aromatic rings. The van der Waals surface area contributed by atoms with Gasteiger partial charge in [0.2, 0.25) is 0 Å². The highest BCUT2D eigenvalue weighted by atomic mass is 35.5. The standard InChI is InChI=1S/C20H32ClN5/c1-2-9-24-10-7-17(8-11-24)16-23-20(22)26-14-12-25(13-15-26)19-5-3-18(21)4-6-19/h3-6,17H,2,7-16H2,1H3,(H2,22,23). The number of benzene rings is 1. The van der Waals surface area contributed by atoms with Crippen LogP contribution in [0.25, 0.3) is 0 Å². The molecule has 0 amide bonds. The monoisotopic (exact) mass is 377 g/mol. The Balaban J connectivity index is 1.42. The number of aliphatic imine (C=N–C) groups is 1. The summed E-state index contributed by atoms with van der Waals surface area (Å²) in [5.41, 5.74) is 7.50. The summed E-state index contributed by atoms with van der Waals surface area (Å²) in [4.78, 5) is 11.9. The summed E-state index contributed by atoms with van der Waals surface area (Å²) in [5, 5.41) is 0.782. The highest BCUT2D eigenvalue weighted by molar-refractivity contribution is 6.30. The maximum Gasteiger partial charge on any atom is 0.191 e. The normalized spacial score (nSPS) is 20.6. The number of guanidine groups is 1. The summed E-state index contributed by atoms with van der Waals surface area (Å²) in [6, 6.07) is 8.07. The molecule has 2 fully saturated rings. The van der Waals surface area contributed by atoms with Crippen LogP contribution < -0.4 is 10.6 Å². The fraction of sp³-hybridized carbons (Fsp3) is 0.650. The lowest BCUT2D eigenvalue weighted by atomic mass is 9.97. The molecule has 0 spiro atoms. The van der Waals surface area contributed by atoms with Crippen molar-refractivity contribution >= 4 is 23.2 Å². The third kappa shape index (κ3) is 5.27. The fourth-order valence-electron chi connectivity index (χ4n) is 3.88. The van der Waals surface area contributed by atoms with Gasteiger partial charge in [0.25, 0.3) is 0 Å². The van der Waals surface area contributed by atoms with Crippen LogP contribution in [-0.4, -0.2) is 68.1 Å². The van der Waals surface area contributed by atoms with E-state index in [0.29, 0.717) is 5.92 Å². The quantitative estimate of drug-likeness (QED) is 0.633. The molecule has 0 saturated carbocycles. The minimum atomic E-state index is 0.692. The van der Waals surface area contributed by atoms with E-state index in [-0.39, 0.29) is 0 Å². The molecule has 0 aromatic heterocycles. The topological polar surface area (TPSA) is 48.1 Å². The molecule has 0 aliphatic carbocycles. The predicted octanol–water partition coefficient (Wildman–Crippen LogP) is 2.90. The van der Waals surface area contributed by atoms with Crippen LogP contribution in [0.4, 0.5) is 5.69 Å². The van der Waals surface area contributed by atoms with Crippen LogP contribution in [-0.2, 0) is 0 Å². The van der Waals surface area contributed by atoms with Gasteiger partial charge in [0.05, 0.1) is 0 Å². The number of hydrogen-bond donors (Lipinski definition) is 1. The molecule has 0 radical (unpaired) electrons. The molecule has 144 valence electrons. The minimum Gasteiger partial charge on any atom is -0.370 e. The zero-order chi connectivity index (χ0) is 18.4. The Morgan fingerprint density at radius 2 is 1.73 bits per heavy atom. The first-order valence-corrected chi connectivity index (χ1v) is 10.3.